The molecule has 1 aromatic carbocycles. The Labute approximate surface area is 166 Å². The van der Waals surface area contributed by atoms with Gasteiger partial charge in [-0.3, -0.25) is 10.1 Å². The Balaban J connectivity index is 1.35. The van der Waals surface area contributed by atoms with E-state index in [1.807, 2.05) is 6.92 Å². The highest BCUT2D eigenvalue weighted by molar-refractivity contribution is 7.89. The second-order valence-corrected chi connectivity index (χ2v) is 8.71. The Morgan fingerprint density at radius 2 is 1.86 bits per heavy atom. The van der Waals surface area contributed by atoms with Crippen LogP contribution in [0.1, 0.15) is 18.4 Å². The smallest absolute Gasteiger partial charge is 0.322 e. The summed E-state index contributed by atoms with van der Waals surface area (Å²) in [7, 11) is -3.56. The number of carbonyl (C=O) groups excluding carboxylic acids is 1. The fraction of sp³-hybridized carbons (Fsp3) is 0.333. The first kappa shape index (κ1) is 19.3. The van der Waals surface area contributed by atoms with Gasteiger partial charge in [0.1, 0.15) is 0 Å². The first-order valence-corrected chi connectivity index (χ1v) is 10.5. The van der Waals surface area contributed by atoms with Crippen LogP contribution in [0.2, 0.25) is 0 Å². The summed E-state index contributed by atoms with van der Waals surface area (Å²) < 4.78 is 37.2. The fourth-order valence-electron chi connectivity index (χ4n) is 3.12. The molecule has 0 spiro atoms. The maximum atomic E-state index is 12.8. The predicted molar refractivity (Wildman–Crippen MR) is 101 cm³/mol. The second kappa shape index (κ2) is 7.76. The van der Waals surface area contributed by atoms with Crippen LogP contribution in [0.4, 0.5) is 6.01 Å². The maximum Gasteiger partial charge on any atom is 0.322 e. The summed E-state index contributed by atoms with van der Waals surface area (Å²) >= 11 is 0. The van der Waals surface area contributed by atoms with Gasteiger partial charge in [-0.15, -0.1) is 5.10 Å². The van der Waals surface area contributed by atoms with Crippen molar-refractivity contribution in [2.75, 3.05) is 18.4 Å². The average Bonchev–Trinajstić information content (AvgIpc) is 3.40. The lowest BCUT2D eigenvalue weighted by atomic mass is 9.97. The summed E-state index contributed by atoms with van der Waals surface area (Å²) in [6.45, 7) is 2.43. The van der Waals surface area contributed by atoms with Crippen molar-refractivity contribution in [1.82, 2.24) is 19.7 Å². The van der Waals surface area contributed by atoms with Crippen LogP contribution in [0.25, 0.3) is 11.7 Å². The minimum Gasteiger partial charge on any atom is -0.400 e. The van der Waals surface area contributed by atoms with Gasteiger partial charge in [0.25, 0.3) is 5.89 Å². The van der Waals surface area contributed by atoms with Crippen molar-refractivity contribution in [2.24, 2.45) is 5.92 Å². The van der Waals surface area contributed by atoms with Gasteiger partial charge in [-0.05, 0) is 31.9 Å². The van der Waals surface area contributed by atoms with Crippen LogP contribution < -0.4 is 5.32 Å². The highest BCUT2D eigenvalue weighted by Crippen LogP contribution is 2.25. The third-order valence-electron chi connectivity index (χ3n) is 4.79. The van der Waals surface area contributed by atoms with E-state index in [9.17, 15) is 13.2 Å². The van der Waals surface area contributed by atoms with Gasteiger partial charge in [-0.1, -0.05) is 28.0 Å². The monoisotopic (exact) mass is 417 g/mol. The number of hydrogen-bond acceptors (Lipinski definition) is 8. The van der Waals surface area contributed by atoms with Crippen molar-refractivity contribution in [3.05, 3.63) is 42.1 Å². The van der Waals surface area contributed by atoms with Crippen LogP contribution in [0.3, 0.4) is 0 Å². The van der Waals surface area contributed by atoms with E-state index in [-0.39, 0.29) is 41.7 Å². The standard InChI is InChI=1S/C18H19N5O5S/c1-12-2-4-14(5-3-12)29(25,26)23-10-7-13(8-11-23)16(24)20-18-22-21-17(27-18)15-6-9-19-28-15/h2-6,9,13H,7-8,10-11H2,1H3,(H,20,22,24). The van der Waals surface area contributed by atoms with Crippen LogP contribution in [-0.2, 0) is 14.8 Å². The normalized spacial score (nSPS) is 16.0. The van der Waals surface area contributed by atoms with Crippen LogP contribution in [-0.4, -0.2) is 47.1 Å². The molecule has 0 aliphatic carbocycles. The zero-order valence-corrected chi connectivity index (χ0v) is 16.4. The van der Waals surface area contributed by atoms with Gasteiger partial charge in [0.05, 0.1) is 11.1 Å². The molecule has 1 fully saturated rings. The Kier molecular flexibility index (Phi) is 5.16. The molecule has 29 heavy (non-hydrogen) atoms. The van der Waals surface area contributed by atoms with Gasteiger partial charge in [0, 0.05) is 25.1 Å². The fourth-order valence-corrected chi connectivity index (χ4v) is 4.59. The molecule has 0 saturated carbocycles. The Hall–Kier alpha value is -3.05. The number of aromatic nitrogens is 3. The van der Waals surface area contributed by atoms with Crippen molar-refractivity contribution >= 4 is 21.9 Å². The van der Waals surface area contributed by atoms with Gasteiger partial charge < -0.3 is 8.94 Å². The number of benzene rings is 1. The van der Waals surface area contributed by atoms with Crippen LogP contribution in [0, 0.1) is 12.8 Å². The molecule has 2 aromatic heterocycles. The lowest BCUT2D eigenvalue weighted by molar-refractivity contribution is -0.121. The summed E-state index contributed by atoms with van der Waals surface area (Å²) in [5, 5.41) is 13.7. The molecule has 11 heteroatoms. The third-order valence-corrected chi connectivity index (χ3v) is 6.70. The number of amides is 1. The molecular weight excluding hydrogens is 398 g/mol. The second-order valence-electron chi connectivity index (χ2n) is 6.77. The highest BCUT2D eigenvalue weighted by atomic mass is 32.2. The molecule has 1 aliphatic rings. The Morgan fingerprint density at radius 3 is 2.52 bits per heavy atom. The molecule has 4 rings (SSSR count). The van der Waals surface area contributed by atoms with E-state index in [1.54, 1.807) is 30.3 Å². The molecule has 152 valence electrons. The van der Waals surface area contributed by atoms with Crippen molar-refractivity contribution in [2.45, 2.75) is 24.7 Å². The summed E-state index contributed by atoms with van der Waals surface area (Å²) in [5.41, 5.74) is 0.992. The van der Waals surface area contributed by atoms with E-state index >= 15 is 0 Å². The minimum absolute atomic E-state index is 0.0453. The van der Waals surface area contributed by atoms with Crippen LogP contribution in [0.15, 0.2) is 50.4 Å². The molecule has 1 aliphatic heterocycles. The van der Waals surface area contributed by atoms with Crippen molar-refractivity contribution < 1.29 is 22.2 Å². The Morgan fingerprint density at radius 1 is 1.14 bits per heavy atom. The van der Waals surface area contributed by atoms with Gasteiger partial charge in [-0.2, -0.15) is 4.31 Å². The van der Waals surface area contributed by atoms with Crippen molar-refractivity contribution in [3.63, 3.8) is 0 Å². The van der Waals surface area contributed by atoms with E-state index in [2.05, 4.69) is 20.7 Å². The van der Waals surface area contributed by atoms with Crippen LogP contribution in [0.5, 0.6) is 0 Å². The molecule has 0 bridgehead atoms. The van der Waals surface area contributed by atoms with Crippen molar-refractivity contribution in [1.29, 1.82) is 0 Å². The molecular formula is C18H19N5O5S. The number of anilines is 1. The number of nitrogens with zero attached hydrogens (tertiary/aromatic N) is 4. The van der Waals surface area contributed by atoms with Gasteiger partial charge in [0.15, 0.2) is 0 Å². The molecule has 10 nitrogen and oxygen atoms in total. The first-order valence-electron chi connectivity index (χ1n) is 9.06. The topological polar surface area (TPSA) is 131 Å². The molecule has 0 radical (unpaired) electrons. The van der Waals surface area contributed by atoms with E-state index < -0.39 is 10.0 Å². The number of aryl methyl sites for hydroxylation is 1. The van der Waals surface area contributed by atoms with E-state index in [0.717, 1.165) is 5.56 Å². The highest BCUT2D eigenvalue weighted by Gasteiger charge is 2.32. The number of rotatable bonds is 5. The zero-order valence-electron chi connectivity index (χ0n) is 15.6. The maximum absolute atomic E-state index is 12.8. The molecule has 3 aromatic rings. The molecule has 0 atom stereocenters. The van der Waals surface area contributed by atoms with E-state index in [1.165, 1.54) is 10.5 Å². The molecule has 1 saturated heterocycles. The summed E-state index contributed by atoms with van der Waals surface area (Å²) in [6, 6.07) is 8.26. The lowest BCUT2D eigenvalue weighted by Crippen LogP contribution is -2.41. The molecule has 1 amide bonds. The van der Waals surface area contributed by atoms with Crippen molar-refractivity contribution in [3.8, 4) is 11.7 Å². The van der Waals surface area contributed by atoms with Gasteiger partial charge in [0.2, 0.25) is 21.7 Å². The number of hydrogen-bond donors (Lipinski definition) is 1. The Bertz CT molecular complexity index is 1080. The average molecular weight is 417 g/mol. The lowest BCUT2D eigenvalue weighted by Gasteiger charge is -2.30. The first-order chi connectivity index (χ1) is 13.9. The summed E-state index contributed by atoms with van der Waals surface area (Å²) in [5.74, 6) is -0.227. The third kappa shape index (κ3) is 4.05. The van der Waals surface area contributed by atoms with E-state index in [0.29, 0.717) is 18.6 Å². The quantitative estimate of drug-likeness (QED) is 0.667. The minimum atomic E-state index is -3.56. The number of nitrogens with one attached hydrogen (secondary N) is 1. The molecule has 3 heterocycles. The summed E-state index contributed by atoms with van der Waals surface area (Å²) in [6.07, 6.45) is 2.25. The summed E-state index contributed by atoms with van der Waals surface area (Å²) in [4.78, 5) is 12.7. The largest absolute Gasteiger partial charge is 0.400 e. The number of piperidine rings is 1. The van der Waals surface area contributed by atoms with E-state index in [4.69, 9.17) is 8.94 Å². The van der Waals surface area contributed by atoms with Gasteiger partial charge in [-0.25, -0.2) is 8.42 Å². The van der Waals surface area contributed by atoms with Gasteiger partial charge >= 0.3 is 6.01 Å². The molecule has 0 unspecified atom stereocenters. The zero-order chi connectivity index (χ0) is 20.4. The predicted octanol–water partition coefficient (Wildman–Crippen LogP) is 2.07. The van der Waals surface area contributed by atoms with Crippen LogP contribution >= 0.6 is 0 Å². The molecule has 1 N–H and O–H groups in total. The SMILES string of the molecule is Cc1ccc(S(=O)(=O)N2CCC(C(=O)Nc3nnc(-c4ccno4)o3)CC2)cc1. The number of sulfonamides is 1. The number of carbonyl (C=O) groups is 1.